The van der Waals surface area contributed by atoms with Gasteiger partial charge < -0.3 is 0 Å². The maximum Gasteiger partial charge on any atom is 0.264 e. The van der Waals surface area contributed by atoms with Crippen molar-refractivity contribution in [3.05, 3.63) is 58.6 Å². The molecule has 1 atom stereocenters. The molecule has 1 heterocycles. The number of benzene rings is 2. The monoisotopic (exact) mass is 371 g/mol. The molecule has 6 nitrogen and oxygen atoms in total. The van der Waals surface area contributed by atoms with E-state index in [0.717, 1.165) is 21.1 Å². The molecule has 1 aromatic heterocycles. The number of hydrogen-bond donors (Lipinski definition) is 1. The van der Waals surface area contributed by atoms with Gasteiger partial charge in [0.2, 0.25) is 0 Å². The van der Waals surface area contributed by atoms with Gasteiger partial charge in [-0.2, -0.15) is 5.10 Å². The molecule has 0 aliphatic carbocycles. The van der Waals surface area contributed by atoms with E-state index in [1.54, 1.807) is 17.8 Å². The molecule has 0 spiro atoms. The molecule has 0 saturated heterocycles. The summed E-state index contributed by atoms with van der Waals surface area (Å²) in [6.07, 6.45) is 1.59. The van der Waals surface area contributed by atoms with Crippen molar-refractivity contribution in [1.29, 1.82) is 0 Å². The zero-order valence-electron chi connectivity index (χ0n) is 12.3. The Morgan fingerprint density at radius 3 is 2.96 bits per heavy atom. The average molecular weight is 372 g/mol. The third-order valence-electron chi connectivity index (χ3n) is 3.36. The molecule has 0 aliphatic rings. The maximum absolute atomic E-state index is 12.2. The first kappa shape index (κ1) is 15.4. The van der Waals surface area contributed by atoms with Gasteiger partial charge in [0, 0.05) is 4.47 Å². The Kier molecular flexibility index (Phi) is 4.47. The van der Waals surface area contributed by atoms with Crippen molar-refractivity contribution in [1.82, 2.24) is 20.4 Å². The highest BCUT2D eigenvalue weighted by Crippen LogP contribution is 2.15. The van der Waals surface area contributed by atoms with Gasteiger partial charge in [0.25, 0.3) is 5.91 Å². The lowest BCUT2D eigenvalue weighted by molar-refractivity contribution is -0.124. The van der Waals surface area contributed by atoms with Gasteiger partial charge >= 0.3 is 0 Å². The van der Waals surface area contributed by atoms with Crippen molar-refractivity contribution in [3.63, 3.8) is 0 Å². The molecule has 7 heteroatoms. The summed E-state index contributed by atoms with van der Waals surface area (Å²) in [5.74, 6) is -0.258. The summed E-state index contributed by atoms with van der Waals surface area (Å²) >= 11 is 3.39. The number of halogens is 1. The second kappa shape index (κ2) is 6.70. The van der Waals surface area contributed by atoms with Crippen LogP contribution in [0.1, 0.15) is 18.5 Å². The Balaban J connectivity index is 1.70. The Morgan fingerprint density at radius 2 is 2.13 bits per heavy atom. The number of carbonyl (C=O) groups excluding carboxylic acids is 1. The molecule has 1 amide bonds. The minimum absolute atomic E-state index is 0.258. The van der Waals surface area contributed by atoms with Crippen molar-refractivity contribution in [3.8, 4) is 0 Å². The largest absolute Gasteiger partial charge is 0.271 e. The summed E-state index contributed by atoms with van der Waals surface area (Å²) in [4.78, 5) is 12.2. The predicted octanol–water partition coefficient (Wildman–Crippen LogP) is 2.91. The van der Waals surface area contributed by atoms with E-state index in [1.165, 1.54) is 0 Å². The molecular formula is C16H14BrN5O. The van der Waals surface area contributed by atoms with E-state index in [-0.39, 0.29) is 5.91 Å². The number of aromatic nitrogens is 3. The normalized spacial score (nSPS) is 12.6. The molecule has 116 valence electrons. The van der Waals surface area contributed by atoms with Crippen LogP contribution in [0.15, 0.2) is 58.1 Å². The summed E-state index contributed by atoms with van der Waals surface area (Å²) in [7, 11) is 0. The van der Waals surface area contributed by atoms with Crippen molar-refractivity contribution in [2.45, 2.75) is 13.0 Å². The Hall–Kier alpha value is -2.54. The number of nitrogens with zero attached hydrogens (tertiary/aromatic N) is 4. The summed E-state index contributed by atoms with van der Waals surface area (Å²) in [5.41, 5.74) is 4.98. The highest BCUT2D eigenvalue weighted by Gasteiger charge is 2.17. The molecule has 0 fully saturated rings. The van der Waals surface area contributed by atoms with E-state index in [0.29, 0.717) is 0 Å². The zero-order valence-corrected chi connectivity index (χ0v) is 13.9. The fourth-order valence-electron chi connectivity index (χ4n) is 2.13. The minimum Gasteiger partial charge on any atom is -0.271 e. The van der Waals surface area contributed by atoms with E-state index in [2.05, 4.69) is 36.8 Å². The fourth-order valence-corrected chi connectivity index (χ4v) is 2.55. The second-order valence-electron chi connectivity index (χ2n) is 4.99. The number of fused-ring (bicyclic) bond motifs is 1. The fraction of sp³-hybridized carbons (Fsp3) is 0.125. The number of rotatable bonds is 4. The van der Waals surface area contributed by atoms with Crippen LogP contribution in [0.2, 0.25) is 0 Å². The summed E-state index contributed by atoms with van der Waals surface area (Å²) in [5, 5.41) is 12.1. The van der Waals surface area contributed by atoms with Gasteiger partial charge in [0.15, 0.2) is 0 Å². The number of para-hydroxylation sites is 1. The molecule has 3 aromatic rings. The highest BCUT2D eigenvalue weighted by molar-refractivity contribution is 9.10. The van der Waals surface area contributed by atoms with Gasteiger partial charge in [-0.1, -0.05) is 45.4 Å². The van der Waals surface area contributed by atoms with Gasteiger partial charge in [-0.15, -0.1) is 5.10 Å². The van der Waals surface area contributed by atoms with Crippen LogP contribution < -0.4 is 5.43 Å². The SMILES string of the molecule is C[C@H](C(=O)N/N=C\c1cccc(Br)c1)n1nnc2ccccc21. The summed E-state index contributed by atoms with van der Waals surface area (Å²) in [6.45, 7) is 1.76. The first-order chi connectivity index (χ1) is 11.1. The van der Waals surface area contributed by atoms with Gasteiger partial charge in [0.1, 0.15) is 11.6 Å². The third-order valence-corrected chi connectivity index (χ3v) is 3.85. The van der Waals surface area contributed by atoms with E-state index >= 15 is 0 Å². The highest BCUT2D eigenvalue weighted by atomic mass is 79.9. The van der Waals surface area contributed by atoms with E-state index < -0.39 is 6.04 Å². The maximum atomic E-state index is 12.2. The molecule has 0 saturated carbocycles. The molecule has 23 heavy (non-hydrogen) atoms. The molecule has 0 aliphatic heterocycles. The first-order valence-corrected chi connectivity index (χ1v) is 7.83. The first-order valence-electron chi connectivity index (χ1n) is 7.03. The van der Waals surface area contributed by atoms with Crippen molar-refractivity contribution >= 4 is 39.1 Å². The molecular weight excluding hydrogens is 358 g/mol. The van der Waals surface area contributed by atoms with Crippen LogP contribution in [0.5, 0.6) is 0 Å². The van der Waals surface area contributed by atoms with Crippen LogP contribution in [0, 0.1) is 0 Å². The van der Waals surface area contributed by atoms with Crippen LogP contribution >= 0.6 is 15.9 Å². The summed E-state index contributed by atoms with van der Waals surface area (Å²) in [6, 6.07) is 14.6. The smallest absolute Gasteiger partial charge is 0.264 e. The third kappa shape index (κ3) is 3.45. The number of carbonyl (C=O) groups is 1. The van der Waals surface area contributed by atoms with E-state index in [4.69, 9.17) is 0 Å². The van der Waals surface area contributed by atoms with Crippen LogP contribution in [0.4, 0.5) is 0 Å². The molecule has 0 unspecified atom stereocenters. The number of amides is 1. The van der Waals surface area contributed by atoms with Gasteiger partial charge in [-0.05, 0) is 36.8 Å². The molecule has 3 rings (SSSR count). The van der Waals surface area contributed by atoms with E-state index in [9.17, 15) is 4.79 Å². The lowest BCUT2D eigenvalue weighted by atomic mass is 10.2. The van der Waals surface area contributed by atoms with Crippen LogP contribution in [0.25, 0.3) is 11.0 Å². The van der Waals surface area contributed by atoms with Crippen LogP contribution in [-0.2, 0) is 4.79 Å². The topological polar surface area (TPSA) is 72.2 Å². The molecule has 0 radical (unpaired) electrons. The molecule has 1 N–H and O–H groups in total. The van der Waals surface area contributed by atoms with Crippen molar-refractivity contribution in [2.24, 2.45) is 5.10 Å². The van der Waals surface area contributed by atoms with Crippen molar-refractivity contribution < 1.29 is 4.79 Å². The lowest BCUT2D eigenvalue weighted by Crippen LogP contribution is -2.28. The van der Waals surface area contributed by atoms with Gasteiger partial charge in [-0.3, -0.25) is 4.79 Å². The Labute approximate surface area is 141 Å². The van der Waals surface area contributed by atoms with Gasteiger partial charge in [-0.25, -0.2) is 10.1 Å². The average Bonchev–Trinajstić information content (AvgIpc) is 2.98. The standard InChI is InChI=1S/C16H14BrN5O/c1-11(22-15-8-3-2-7-14(15)19-21-22)16(23)20-18-10-12-5-4-6-13(17)9-12/h2-11H,1H3,(H,20,23)/b18-10-/t11-/m1/s1. The number of hydrogen-bond acceptors (Lipinski definition) is 4. The molecule has 0 bridgehead atoms. The minimum atomic E-state index is -0.512. The predicted molar refractivity (Wildman–Crippen MR) is 92.1 cm³/mol. The van der Waals surface area contributed by atoms with Gasteiger partial charge in [0.05, 0.1) is 11.7 Å². The Morgan fingerprint density at radius 1 is 1.30 bits per heavy atom. The molecule has 2 aromatic carbocycles. The van der Waals surface area contributed by atoms with Crippen molar-refractivity contribution in [2.75, 3.05) is 0 Å². The number of hydrazone groups is 1. The lowest BCUT2D eigenvalue weighted by Gasteiger charge is -2.10. The van der Waals surface area contributed by atoms with Crippen LogP contribution in [-0.4, -0.2) is 27.1 Å². The summed E-state index contributed by atoms with van der Waals surface area (Å²) < 4.78 is 2.54. The zero-order chi connectivity index (χ0) is 16.2. The Bertz CT molecular complexity index is 874. The van der Waals surface area contributed by atoms with E-state index in [1.807, 2.05) is 48.5 Å². The second-order valence-corrected chi connectivity index (χ2v) is 5.90. The number of nitrogens with one attached hydrogen (secondary N) is 1. The van der Waals surface area contributed by atoms with Crippen LogP contribution in [0.3, 0.4) is 0 Å². The quantitative estimate of drug-likeness (QED) is 0.566.